The molecule has 0 saturated carbocycles. The predicted molar refractivity (Wildman–Crippen MR) is 75.4 cm³/mol. The first-order chi connectivity index (χ1) is 9.40. The Bertz CT molecular complexity index is 536. The third-order valence-corrected chi connectivity index (χ3v) is 2.05. The zero-order valence-corrected chi connectivity index (χ0v) is 11.9. The van der Waals surface area contributed by atoms with E-state index >= 15 is 0 Å². The fourth-order valence-electron chi connectivity index (χ4n) is 1.30. The topological polar surface area (TPSA) is 68.3 Å². The van der Waals surface area contributed by atoms with Gasteiger partial charge in [0.2, 0.25) is 0 Å². The smallest absolute Gasteiger partial charge is 0.407 e. The number of pyridine rings is 1. The van der Waals surface area contributed by atoms with Crippen LogP contribution in [0.15, 0.2) is 18.5 Å². The molecule has 1 amide bonds. The van der Waals surface area contributed by atoms with Crippen molar-refractivity contribution in [1.82, 2.24) is 10.3 Å². The van der Waals surface area contributed by atoms with Crippen LogP contribution in [-0.4, -0.2) is 29.5 Å². The molecule has 0 atom stereocenters. The molecule has 1 rings (SSSR count). The van der Waals surface area contributed by atoms with Crippen LogP contribution in [0.1, 0.15) is 43.1 Å². The number of aldehydes is 1. The van der Waals surface area contributed by atoms with Crippen molar-refractivity contribution in [2.75, 3.05) is 6.54 Å². The molecule has 1 N–H and O–H groups in total. The van der Waals surface area contributed by atoms with E-state index in [1.807, 2.05) is 0 Å². The second-order valence-corrected chi connectivity index (χ2v) is 5.11. The summed E-state index contributed by atoms with van der Waals surface area (Å²) >= 11 is 0. The molecule has 1 aromatic rings. The van der Waals surface area contributed by atoms with Crippen molar-refractivity contribution >= 4 is 12.4 Å². The summed E-state index contributed by atoms with van der Waals surface area (Å²) in [7, 11) is 0. The quantitative estimate of drug-likeness (QED) is 0.521. The van der Waals surface area contributed by atoms with Gasteiger partial charge < -0.3 is 10.1 Å². The minimum atomic E-state index is -0.503. The Morgan fingerprint density at radius 2 is 2.20 bits per heavy atom. The highest BCUT2D eigenvalue weighted by Gasteiger charge is 2.15. The van der Waals surface area contributed by atoms with Crippen molar-refractivity contribution < 1.29 is 14.3 Å². The van der Waals surface area contributed by atoms with Gasteiger partial charge in [0.1, 0.15) is 5.60 Å². The number of amides is 1. The van der Waals surface area contributed by atoms with E-state index in [9.17, 15) is 9.59 Å². The van der Waals surface area contributed by atoms with Gasteiger partial charge in [-0.2, -0.15) is 0 Å². The molecule has 0 spiro atoms. The van der Waals surface area contributed by atoms with Crippen molar-refractivity contribution in [1.29, 1.82) is 0 Å². The molecule has 0 aliphatic rings. The summed E-state index contributed by atoms with van der Waals surface area (Å²) in [5.41, 5.74) is 0.659. The third-order valence-electron chi connectivity index (χ3n) is 2.05. The third kappa shape index (κ3) is 6.55. The molecular weight excluding hydrogens is 256 g/mol. The van der Waals surface area contributed by atoms with Gasteiger partial charge in [-0.05, 0) is 26.8 Å². The molecule has 1 aromatic heterocycles. The minimum Gasteiger partial charge on any atom is -0.444 e. The molecular formula is C15H18N2O3. The van der Waals surface area contributed by atoms with E-state index in [0.717, 1.165) is 6.29 Å². The van der Waals surface area contributed by atoms with E-state index < -0.39 is 11.7 Å². The van der Waals surface area contributed by atoms with Crippen molar-refractivity contribution in [3.63, 3.8) is 0 Å². The lowest BCUT2D eigenvalue weighted by molar-refractivity contribution is 0.0529. The monoisotopic (exact) mass is 274 g/mol. The number of alkyl carbamates (subject to hydrolysis) is 1. The molecule has 0 aliphatic heterocycles. The number of aromatic nitrogens is 1. The fraction of sp³-hybridized carbons (Fsp3) is 0.400. The fourth-order valence-corrected chi connectivity index (χ4v) is 1.30. The highest BCUT2D eigenvalue weighted by atomic mass is 16.6. The standard InChI is InChI=1S/C15H18N2O3/c1-15(2,3)20-14(19)17-7-5-4-6-12-8-13(11-18)10-16-9-12/h8-11H,5,7H2,1-3H3,(H,17,19). The van der Waals surface area contributed by atoms with Crippen molar-refractivity contribution in [3.05, 3.63) is 29.6 Å². The number of ether oxygens (including phenoxy) is 1. The minimum absolute atomic E-state index is 0.405. The molecule has 5 heteroatoms. The Labute approximate surface area is 118 Å². The van der Waals surface area contributed by atoms with Crippen LogP contribution in [0.25, 0.3) is 0 Å². The van der Waals surface area contributed by atoms with E-state index in [1.54, 1.807) is 33.0 Å². The molecule has 0 aliphatic carbocycles. The van der Waals surface area contributed by atoms with Gasteiger partial charge in [-0.3, -0.25) is 9.78 Å². The predicted octanol–water partition coefficient (Wildman–Crippen LogP) is 2.16. The van der Waals surface area contributed by atoms with E-state index in [2.05, 4.69) is 22.1 Å². The van der Waals surface area contributed by atoms with Gasteiger partial charge in [0, 0.05) is 36.5 Å². The van der Waals surface area contributed by atoms with E-state index in [1.165, 1.54) is 6.20 Å². The van der Waals surface area contributed by atoms with E-state index in [0.29, 0.717) is 24.1 Å². The summed E-state index contributed by atoms with van der Waals surface area (Å²) in [6.45, 7) is 5.82. The molecule has 0 saturated heterocycles. The van der Waals surface area contributed by atoms with Crippen LogP contribution < -0.4 is 5.32 Å². The van der Waals surface area contributed by atoms with Gasteiger partial charge >= 0.3 is 6.09 Å². The van der Waals surface area contributed by atoms with Gasteiger partial charge in [-0.1, -0.05) is 11.8 Å². The molecule has 0 fully saturated rings. The van der Waals surface area contributed by atoms with Crippen LogP contribution in [-0.2, 0) is 4.74 Å². The maximum atomic E-state index is 11.3. The zero-order valence-electron chi connectivity index (χ0n) is 11.9. The van der Waals surface area contributed by atoms with Gasteiger partial charge in [-0.15, -0.1) is 0 Å². The lowest BCUT2D eigenvalue weighted by Gasteiger charge is -2.19. The van der Waals surface area contributed by atoms with Crippen LogP contribution in [0, 0.1) is 11.8 Å². The lowest BCUT2D eigenvalue weighted by atomic mass is 10.2. The highest BCUT2D eigenvalue weighted by molar-refractivity contribution is 5.74. The van der Waals surface area contributed by atoms with E-state index in [-0.39, 0.29) is 0 Å². The van der Waals surface area contributed by atoms with Crippen molar-refractivity contribution in [2.45, 2.75) is 32.8 Å². The van der Waals surface area contributed by atoms with Crippen LogP contribution in [0.2, 0.25) is 0 Å². The number of carbonyl (C=O) groups is 2. The van der Waals surface area contributed by atoms with Crippen LogP contribution in [0.5, 0.6) is 0 Å². The highest BCUT2D eigenvalue weighted by Crippen LogP contribution is 2.06. The Balaban J connectivity index is 2.36. The average molecular weight is 274 g/mol. The second kappa shape index (κ2) is 7.29. The summed E-state index contributed by atoms with van der Waals surface area (Å²) < 4.78 is 5.09. The molecule has 5 nitrogen and oxygen atoms in total. The molecule has 1 heterocycles. The van der Waals surface area contributed by atoms with Gasteiger partial charge in [0.05, 0.1) is 0 Å². The van der Waals surface area contributed by atoms with Gasteiger partial charge in [-0.25, -0.2) is 4.79 Å². The summed E-state index contributed by atoms with van der Waals surface area (Å²) in [5.74, 6) is 5.77. The van der Waals surface area contributed by atoms with Gasteiger partial charge in [0.15, 0.2) is 6.29 Å². The Kier molecular flexibility index (Phi) is 5.73. The van der Waals surface area contributed by atoms with Crippen LogP contribution in [0.3, 0.4) is 0 Å². The van der Waals surface area contributed by atoms with Crippen LogP contribution >= 0.6 is 0 Å². The molecule has 0 aromatic carbocycles. The largest absolute Gasteiger partial charge is 0.444 e. The number of hydrogen-bond donors (Lipinski definition) is 1. The van der Waals surface area contributed by atoms with Crippen molar-refractivity contribution in [2.24, 2.45) is 0 Å². The van der Waals surface area contributed by atoms with Crippen molar-refractivity contribution in [3.8, 4) is 11.8 Å². The first-order valence-electron chi connectivity index (χ1n) is 6.26. The number of nitrogens with one attached hydrogen (secondary N) is 1. The molecule has 0 radical (unpaired) electrons. The maximum absolute atomic E-state index is 11.3. The maximum Gasteiger partial charge on any atom is 0.407 e. The summed E-state index contributed by atoms with van der Waals surface area (Å²) in [4.78, 5) is 25.8. The SMILES string of the molecule is CC(C)(C)OC(=O)NCCC#Cc1cncc(C=O)c1. The zero-order chi connectivity index (χ0) is 15.0. The molecule has 106 valence electrons. The molecule has 0 unspecified atom stereocenters. The molecule has 20 heavy (non-hydrogen) atoms. The number of carbonyl (C=O) groups excluding carboxylic acids is 2. The number of hydrogen-bond acceptors (Lipinski definition) is 4. The number of nitrogens with zero attached hydrogens (tertiary/aromatic N) is 1. The first kappa shape index (κ1) is 15.7. The first-order valence-corrected chi connectivity index (χ1v) is 6.26. The second-order valence-electron chi connectivity index (χ2n) is 5.11. The summed E-state index contributed by atoms with van der Waals surface area (Å²) in [5, 5.41) is 2.61. The average Bonchev–Trinajstić information content (AvgIpc) is 2.36. The van der Waals surface area contributed by atoms with Crippen LogP contribution in [0.4, 0.5) is 4.79 Å². The van der Waals surface area contributed by atoms with Gasteiger partial charge in [0.25, 0.3) is 0 Å². The summed E-state index contributed by atoms with van der Waals surface area (Å²) in [6.07, 6.45) is 3.82. The van der Waals surface area contributed by atoms with E-state index in [4.69, 9.17) is 4.74 Å². The number of rotatable bonds is 3. The normalized spacial score (nSPS) is 10.2. The lowest BCUT2D eigenvalue weighted by Crippen LogP contribution is -2.32. The Morgan fingerprint density at radius 3 is 2.85 bits per heavy atom. The molecule has 0 bridgehead atoms. The Morgan fingerprint density at radius 1 is 1.45 bits per heavy atom. The Hall–Kier alpha value is -2.35. The summed E-state index contributed by atoms with van der Waals surface area (Å²) in [6, 6.07) is 1.66.